The van der Waals surface area contributed by atoms with Gasteiger partial charge in [0.25, 0.3) is 0 Å². The minimum Gasteiger partial charge on any atom is -0.382 e. The van der Waals surface area contributed by atoms with E-state index in [2.05, 4.69) is 20.8 Å². The first kappa shape index (κ1) is 23.3. The van der Waals surface area contributed by atoms with Crippen LogP contribution in [0, 0.1) is 0 Å². The first-order chi connectivity index (χ1) is 14.1. The van der Waals surface area contributed by atoms with Crippen LogP contribution >= 0.6 is 24.8 Å². The van der Waals surface area contributed by atoms with E-state index in [-0.39, 0.29) is 34.7 Å². The van der Waals surface area contributed by atoms with Crippen molar-refractivity contribution < 1.29 is 8.42 Å². The monoisotopic (exact) mass is 478 g/mol. The summed E-state index contributed by atoms with van der Waals surface area (Å²) in [7, 11) is -3.78. The molecule has 1 aromatic heterocycles. The van der Waals surface area contributed by atoms with E-state index in [1.165, 1.54) is 0 Å². The maximum absolute atomic E-state index is 13.7. The molecule has 2 heterocycles. The molecule has 1 aliphatic rings. The standard InChI is InChI=1S/C22H22N4O2S.2ClH/c27-29(28,20-10-3-6-15-5-1-2-7-17(15)20)22-21-18(8-4-9-19(21)25-26-22)24-16-11-13-23-14-12-16;;/h1-10,16,23-24H,11-14H2,(H,25,26);2*1H. The zero-order valence-electron chi connectivity index (χ0n) is 16.7. The van der Waals surface area contributed by atoms with E-state index in [9.17, 15) is 8.42 Å². The third kappa shape index (κ3) is 4.23. The molecule has 0 saturated carbocycles. The first-order valence-electron chi connectivity index (χ1n) is 9.82. The number of H-pyrrole nitrogens is 1. The van der Waals surface area contributed by atoms with Crippen LogP contribution in [0.2, 0.25) is 0 Å². The van der Waals surface area contributed by atoms with Gasteiger partial charge in [0.1, 0.15) is 0 Å². The van der Waals surface area contributed by atoms with Gasteiger partial charge in [0.05, 0.1) is 15.8 Å². The van der Waals surface area contributed by atoms with Gasteiger partial charge in [-0.05, 0) is 49.5 Å². The highest BCUT2D eigenvalue weighted by molar-refractivity contribution is 7.91. The predicted octanol–water partition coefficient (Wildman–Crippen LogP) is 4.56. The summed E-state index contributed by atoms with van der Waals surface area (Å²) >= 11 is 0. The Kier molecular flexibility index (Phi) is 7.11. The summed E-state index contributed by atoms with van der Waals surface area (Å²) in [5.41, 5.74) is 1.45. The zero-order chi connectivity index (χ0) is 19.8. The number of halogens is 2. The van der Waals surface area contributed by atoms with Crippen molar-refractivity contribution in [3.63, 3.8) is 0 Å². The van der Waals surface area contributed by atoms with Crippen LogP contribution < -0.4 is 10.6 Å². The van der Waals surface area contributed by atoms with E-state index in [0.717, 1.165) is 37.0 Å². The topological polar surface area (TPSA) is 86.9 Å². The van der Waals surface area contributed by atoms with Crippen molar-refractivity contribution in [2.24, 2.45) is 0 Å². The molecule has 1 saturated heterocycles. The van der Waals surface area contributed by atoms with E-state index in [0.29, 0.717) is 22.3 Å². The Labute approximate surface area is 193 Å². The van der Waals surface area contributed by atoms with E-state index >= 15 is 0 Å². The molecule has 31 heavy (non-hydrogen) atoms. The smallest absolute Gasteiger partial charge is 0.224 e. The summed E-state index contributed by atoms with van der Waals surface area (Å²) in [4.78, 5) is 0.290. The number of hydrogen-bond acceptors (Lipinski definition) is 5. The SMILES string of the molecule is Cl.Cl.O=S(=O)(c1cccc2ccccc12)c1[nH]nc2cccc(NC3CCNCC3)c12. The number of anilines is 1. The van der Waals surface area contributed by atoms with Gasteiger partial charge in [0.2, 0.25) is 9.84 Å². The second-order valence-electron chi connectivity index (χ2n) is 7.40. The Bertz CT molecular complexity index is 1300. The fourth-order valence-electron chi connectivity index (χ4n) is 4.08. The predicted molar refractivity (Wildman–Crippen MR) is 130 cm³/mol. The molecule has 0 spiro atoms. The Morgan fingerprint density at radius 1 is 0.903 bits per heavy atom. The maximum Gasteiger partial charge on any atom is 0.224 e. The molecule has 1 fully saturated rings. The maximum atomic E-state index is 13.7. The second kappa shape index (κ2) is 9.44. The molecular formula is C22H24Cl2N4O2S. The van der Waals surface area contributed by atoms with Crippen LogP contribution in [-0.4, -0.2) is 37.7 Å². The molecule has 0 amide bonds. The average Bonchev–Trinajstić information content (AvgIpc) is 3.20. The van der Waals surface area contributed by atoms with E-state index < -0.39 is 9.84 Å². The molecule has 3 aromatic carbocycles. The highest BCUT2D eigenvalue weighted by Crippen LogP contribution is 2.34. The molecule has 0 radical (unpaired) electrons. The molecule has 4 aromatic rings. The molecule has 0 unspecified atom stereocenters. The second-order valence-corrected chi connectivity index (χ2v) is 9.26. The Morgan fingerprint density at radius 3 is 2.42 bits per heavy atom. The van der Waals surface area contributed by atoms with Crippen molar-refractivity contribution in [3.05, 3.63) is 60.7 Å². The molecule has 3 N–H and O–H groups in total. The summed E-state index contributed by atoms with van der Waals surface area (Å²) < 4.78 is 27.3. The highest BCUT2D eigenvalue weighted by Gasteiger charge is 2.27. The summed E-state index contributed by atoms with van der Waals surface area (Å²) in [5.74, 6) is 0. The Morgan fingerprint density at radius 2 is 1.61 bits per heavy atom. The Hall–Kier alpha value is -2.32. The quantitative estimate of drug-likeness (QED) is 0.400. The van der Waals surface area contributed by atoms with Crippen molar-refractivity contribution in [1.29, 1.82) is 0 Å². The fourth-order valence-corrected chi connectivity index (χ4v) is 5.68. The molecule has 0 atom stereocenters. The van der Waals surface area contributed by atoms with Crippen LogP contribution in [0.15, 0.2) is 70.6 Å². The number of benzene rings is 3. The third-order valence-electron chi connectivity index (χ3n) is 5.55. The number of sulfone groups is 1. The van der Waals surface area contributed by atoms with Crippen molar-refractivity contribution in [2.45, 2.75) is 28.8 Å². The summed E-state index contributed by atoms with van der Waals surface area (Å²) in [5, 5.41) is 16.4. The van der Waals surface area contributed by atoms with Gasteiger partial charge in [-0.2, -0.15) is 5.10 Å². The van der Waals surface area contributed by atoms with Crippen LogP contribution in [0.1, 0.15) is 12.8 Å². The van der Waals surface area contributed by atoms with Crippen LogP contribution in [0.3, 0.4) is 0 Å². The van der Waals surface area contributed by atoms with Crippen LogP contribution in [0.5, 0.6) is 0 Å². The van der Waals surface area contributed by atoms with Crippen LogP contribution in [-0.2, 0) is 9.84 Å². The normalized spacial score (nSPS) is 14.7. The number of hydrogen-bond donors (Lipinski definition) is 3. The van der Waals surface area contributed by atoms with Gasteiger partial charge in [-0.3, -0.25) is 5.10 Å². The lowest BCUT2D eigenvalue weighted by Gasteiger charge is -2.25. The molecule has 6 nitrogen and oxygen atoms in total. The number of nitrogens with zero attached hydrogens (tertiary/aromatic N) is 1. The molecule has 1 aliphatic heterocycles. The molecule has 0 aliphatic carbocycles. The van der Waals surface area contributed by atoms with Crippen molar-refractivity contribution in [1.82, 2.24) is 15.5 Å². The minimum absolute atomic E-state index is 0. The van der Waals surface area contributed by atoms with Crippen molar-refractivity contribution >= 4 is 62.0 Å². The lowest BCUT2D eigenvalue weighted by atomic mass is 10.1. The van der Waals surface area contributed by atoms with Gasteiger partial charge in [-0.15, -0.1) is 24.8 Å². The number of piperidine rings is 1. The summed E-state index contributed by atoms with van der Waals surface area (Å²) in [6.07, 6.45) is 2.00. The number of nitrogens with one attached hydrogen (secondary N) is 3. The van der Waals surface area contributed by atoms with E-state index in [4.69, 9.17) is 0 Å². The molecule has 9 heteroatoms. The molecule has 0 bridgehead atoms. The lowest BCUT2D eigenvalue weighted by Crippen LogP contribution is -2.35. The highest BCUT2D eigenvalue weighted by atomic mass is 35.5. The largest absolute Gasteiger partial charge is 0.382 e. The molecule has 5 rings (SSSR count). The van der Waals surface area contributed by atoms with E-state index in [1.807, 2.05) is 48.5 Å². The zero-order valence-corrected chi connectivity index (χ0v) is 19.1. The van der Waals surface area contributed by atoms with Gasteiger partial charge >= 0.3 is 0 Å². The Balaban J connectivity index is 0.00000136. The first-order valence-corrected chi connectivity index (χ1v) is 11.3. The van der Waals surface area contributed by atoms with Gasteiger partial charge in [-0.1, -0.05) is 42.5 Å². The van der Waals surface area contributed by atoms with Gasteiger partial charge in [-0.25, -0.2) is 8.42 Å². The third-order valence-corrected chi connectivity index (χ3v) is 7.32. The van der Waals surface area contributed by atoms with Crippen LogP contribution in [0.25, 0.3) is 21.7 Å². The molecule has 164 valence electrons. The number of rotatable bonds is 4. The van der Waals surface area contributed by atoms with Crippen molar-refractivity contribution in [2.75, 3.05) is 18.4 Å². The van der Waals surface area contributed by atoms with Gasteiger partial charge in [0.15, 0.2) is 5.03 Å². The minimum atomic E-state index is -3.78. The number of aromatic amines is 1. The number of aromatic nitrogens is 2. The molecular weight excluding hydrogens is 455 g/mol. The average molecular weight is 479 g/mol. The van der Waals surface area contributed by atoms with Gasteiger partial charge in [0, 0.05) is 17.1 Å². The van der Waals surface area contributed by atoms with E-state index in [1.54, 1.807) is 12.1 Å². The fraction of sp³-hybridized carbons (Fsp3) is 0.227. The van der Waals surface area contributed by atoms with Crippen molar-refractivity contribution in [3.8, 4) is 0 Å². The van der Waals surface area contributed by atoms with Crippen LogP contribution in [0.4, 0.5) is 5.69 Å². The van der Waals surface area contributed by atoms with Gasteiger partial charge < -0.3 is 10.6 Å². The number of fused-ring (bicyclic) bond motifs is 2. The summed E-state index contributed by atoms with van der Waals surface area (Å²) in [6, 6.07) is 18.9. The lowest BCUT2D eigenvalue weighted by molar-refractivity contribution is 0.479. The summed E-state index contributed by atoms with van der Waals surface area (Å²) in [6.45, 7) is 1.92.